The Labute approximate surface area is 133 Å². The summed E-state index contributed by atoms with van der Waals surface area (Å²) < 4.78 is 1.49. The maximum absolute atomic E-state index is 12.2. The predicted molar refractivity (Wildman–Crippen MR) is 81.1 cm³/mol. The molecular formula is C13H17ClN6O2. The molecule has 1 aliphatic heterocycles. The number of aromatic nitrogens is 4. The molecule has 3 rings (SSSR count). The van der Waals surface area contributed by atoms with Gasteiger partial charge >= 0.3 is 0 Å². The van der Waals surface area contributed by atoms with E-state index in [0.717, 1.165) is 5.69 Å². The van der Waals surface area contributed by atoms with Crippen molar-refractivity contribution in [1.29, 1.82) is 0 Å². The fraction of sp³-hybridized carbons (Fsp3) is 0.385. The van der Waals surface area contributed by atoms with E-state index < -0.39 is 6.10 Å². The first-order valence-electron chi connectivity index (χ1n) is 6.74. The number of aliphatic hydroxyl groups excluding tert-OH is 1. The standard InChI is InChI=1S/C13H16N6O2.ClH/c20-12-7-14-5-10(12)6-15-13(21)9-2-1-3-11(4-9)19-8-16-17-18-19;/h1-4,8,10,12,14,20H,5-7H2,(H,15,21);1H. The summed E-state index contributed by atoms with van der Waals surface area (Å²) in [4.78, 5) is 12.2. The van der Waals surface area contributed by atoms with Crippen molar-refractivity contribution in [3.63, 3.8) is 0 Å². The van der Waals surface area contributed by atoms with Crippen LogP contribution in [0.1, 0.15) is 10.4 Å². The van der Waals surface area contributed by atoms with Gasteiger partial charge in [-0.2, -0.15) is 0 Å². The zero-order valence-electron chi connectivity index (χ0n) is 11.7. The van der Waals surface area contributed by atoms with E-state index in [0.29, 0.717) is 25.2 Å². The lowest BCUT2D eigenvalue weighted by atomic mass is 10.1. The first-order chi connectivity index (χ1) is 10.2. The summed E-state index contributed by atoms with van der Waals surface area (Å²) in [6.45, 7) is 1.74. The molecule has 2 heterocycles. The Kier molecular flexibility index (Phi) is 5.42. The average Bonchev–Trinajstić information content (AvgIpc) is 3.16. The molecule has 9 heteroatoms. The number of hydrogen-bond acceptors (Lipinski definition) is 6. The molecule has 0 aliphatic carbocycles. The van der Waals surface area contributed by atoms with Gasteiger partial charge in [-0.3, -0.25) is 4.79 Å². The van der Waals surface area contributed by atoms with Crippen LogP contribution in [0, 0.1) is 5.92 Å². The number of carbonyl (C=O) groups excluding carboxylic acids is 1. The number of halogens is 1. The van der Waals surface area contributed by atoms with E-state index in [1.165, 1.54) is 11.0 Å². The molecule has 1 aromatic carbocycles. The number of nitrogens with zero attached hydrogens (tertiary/aromatic N) is 4. The van der Waals surface area contributed by atoms with Crippen LogP contribution in [0.15, 0.2) is 30.6 Å². The second-order valence-electron chi connectivity index (χ2n) is 5.00. The number of aliphatic hydroxyl groups is 1. The van der Waals surface area contributed by atoms with Gasteiger partial charge in [-0.15, -0.1) is 17.5 Å². The zero-order valence-corrected chi connectivity index (χ0v) is 12.5. The summed E-state index contributed by atoms with van der Waals surface area (Å²) in [5, 5.41) is 26.6. The molecule has 0 spiro atoms. The molecule has 8 nitrogen and oxygen atoms in total. The minimum Gasteiger partial charge on any atom is -0.391 e. The predicted octanol–water partition coefficient (Wildman–Crippen LogP) is -0.606. The normalized spacial score (nSPS) is 20.4. The third kappa shape index (κ3) is 3.59. The number of hydrogen-bond donors (Lipinski definition) is 3. The van der Waals surface area contributed by atoms with Crippen LogP contribution in [-0.2, 0) is 0 Å². The third-order valence-electron chi connectivity index (χ3n) is 3.55. The summed E-state index contributed by atoms with van der Waals surface area (Å²) in [5.41, 5.74) is 1.25. The second kappa shape index (κ2) is 7.30. The average molecular weight is 325 g/mol. The van der Waals surface area contributed by atoms with E-state index in [9.17, 15) is 9.90 Å². The molecule has 1 amide bonds. The van der Waals surface area contributed by atoms with Crippen molar-refractivity contribution in [2.75, 3.05) is 19.6 Å². The van der Waals surface area contributed by atoms with Crippen molar-refractivity contribution in [1.82, 2.24) is 30.8 Å². The van der Waals surface area contributed by atoms with Crippen LogP contribution >= 0.6 is 12.4 Å². The van der Waals surface area contributed by atoms with E-state index in [4.69, 9.17) is 0 Å². The van der Waals surface area contributed by atoms with Gasteiger partial charge in [-0.25, -0.2) is 4.68 Å². The monoisotopic (exact) mass is 324 g/mol. The second-order valence-corrected chi connectivity index (χ2v) is 5.00. The Hall–Kier alpha value is -2.03. The molecule has 2 atom stereocenters. The topological polar surface area (TPSA) is 105 Å². The van der Waals surface area contributed by atoms with Crippen molar-refractivity contribution in [2.24, 2.45) is 5.92 Å². The molecule has 0 radical (unpaired) electrons. The Balaban J connectivity index is 0.00000176. The lowest BCUT2D eigenvalue weighted by Crippen LogP contribution is -2.34. The van der Waals surface area contributed by atoms with E-state index in [1.54, 1.807) is 18.2 Å². The highest BCUT2D eigenvalue weighted by Crippen LogP contribution is 2.10. The Bertz CT molecular complexity index is 621. The zero-order chi connectivity index (χ0) is 14.7. The molecule has 0 bridgehead atoms. The lowest BCUT2D eigenvalue weighted by Gasteiger charge is -2.14. The molecule has 1 saturated heterocycles. The lowest BCUT2D eigenvalue weighted by molar-refractivity contribution is 0.0927. The molecule has 0 saturated carbocycles. The minimum absolute atomic E-state index is 0. The Morgan fingerprint density at radius 2 is 2.32 bits per heavy atom. The highest BCUT2D eigenvalue weighted by molar-refractivity contribution is 5.94. The number of tetrazole rings is 1. The van der Waals surface area contributed by atoms with Crippen LogP contribution in [0.4, 0.5) is 0 Å². The molecule has 2 unspecified atom stereocenters. The summed E-state index contributed by atoms with van der Waals surface area (Å²) >= 11 is 0. The van der Waals surface area contributed by atoms with Crippen molar-refractivity contribution < 1.29 is 9.90 Å². The highest BCUT2D eigenvalue weighted by Gasteiger charge is 2.25. The van der Waals surface area contributed by atoms with Gasteiger partial charge in [-0.1, -0.05) is 6.07 Å². The first kappa shape index (κ1) is 16.3. The summed E-state index contributed by atoms with van der Waals surface area (Å²) in [6.07, 6.45) is 1.07. The number of carbonyl (C=O) groups is 1. The summed E-state index contributed by atoms with van der Waals surface area (Å²) in [7, 11) is 0. The molecule has 1 aromatic heterocycles. The van der Waals surface area contributed by atoms with Gasteiger partial charge in [0.15, 0.2) is 0 Å². The van der Waals surface area contributed by atoms with Gasteiger partial charge in [0.1, 0.15) is 6.33 Å². The molecule has 22 heavy (non-hydrogen) atoms. The summed E-state index contributed by atoms with van der Waals surface area (Å²) in [6, 6.07) is 7.04. The van der Waals surface area contributed by atoms with Crippen LogP contribution in [0.3, 0.4) is 0 Å². The quantitative estimate of drug-likeness (QED) is 0.693. The largest absolute Gasteiger partial charge is 0.391 e. The van der Waals surface area contributed by atoms with E-state index in [-0.39, 0.29) is 24.2 Å². The smallest absolute Gasteiger partial charge is 0.251 e. The van der Waals surface area contributed by atoms with Crippen LogP contribution < -0.4 is 10.6 Å². The van der Waals surface area contributed by atoms with Gasteiger partial charge < -0.3 is 15.7 Å². The molecule has 2 aromatic rings. The maximum atomic E-state index is 12.2. The van der Waals surface area contributed by atoms with Crippen LogP contribution in [0.5, 0.6) is 0 Å². The van der Waals surface area contributed by atoms with Crippen LogP contribution in [-0.4, -0.2) is 57.0 Å². The number of amides is 1. The van der Waals surface area contributed by atoms with Gasteiger partial charge in [0.05, 0.1) is 11.8 Å². The molecule has 3 N–H and O–H groups in total. The maximum Gasteiger partial charge on any atom is 0.251 e. The molecular weight excluding hydrogens is 308 g/mol. The van der Waals surface area contributed by atoms with Gasteiger partial charge in [0.2, 0.25) is 0 Å². The van der Waals surface area contributed by atoms with Gasteiger partial charge in [-0.05, 0) is 28.6 Å². The third-order valence-corrected chi connectivity index (χ3v) is 3.55. The SMILES string of the molecule is Cl.O=C(NCC1CNCC1O)c1cccc(-n2cnnn2)c1. The van der Waals surface area contributed by atoms with Crippen molar-refractivity contribution in [3.8, 4) is 5.69 Å². The number of rotatable bonds is 4. The number of β-amino-alcohol motifs (C(OH)–C–C–N with tert-alkyl or cyclic N) is 1. The number of benzene rings is 1. The van der Waals surface area contributed by atoms with Crippen LogP contribution in [0.2, 0.25) is 0 Å². The van der Waals surface area contributed by atoms with Gasteiger partial charge in [0.25, 0.3) is 5.91 Å². The van der Waals surface area contributed by atoms with Crippen molar-refractivity contribution in [3.05, 3.63) is 36.2 Å². The number of nitrogens with one attached hydrogen (secondary N) is 2. The van der Waals surface area contributed by atoms with E-state index in [2.05, 4.69) is 26.2 Å². The van der Waals surface area contributed by atoms with Crippen LogP contribution in [0.25, 0.3) is 5.69 Å². The van der Waals surface area contributed by atoms with E-state index >= 15 is 0 Å². The fourth-order valence-corrected chi connectivity index (χ4v) is 2.32. The Morgan fingerprint density at radius 3 is 3.00 bits per heavy atom. The first-order valence-corrected chi connectivity index (χ1v) is 6.74. The fourth-order valence-electron chi connectivity index (χ4n) is 2.32. The molecule has 118 valence electrons. The highest BCUT2D eigenvalue weighted by atomic mass is 35.5. The minimum atomic E-state index is -0.405. The molecule has 1 fully saturated rings. The van der Waals surface area contributed by atoms with Crippen molar-refractivity contribution >= 4 is 18.3 Å². The van der Waals surface area contributed by atoms with E-state index in [1.807, 2.05) is 6.07 Å². The van der Waals surface area contributed by atoms with Gasteiger partial charge in [0, 0.05) is 31.1 Å². The Morgan fingerprint density at radius 1 is 1.45 bits per heavy atom. The molecule has 1 aliphatic rings. The summed E-state index contributed by atoms with van der Waals surface area (Å²) in [5.74, 6) is -0.124. The van der Waals surface area contributed by atoms with Crippen molar-refractivity contribution in [2.45, 2.75) is 6.10 Å².